The van der Waals surface area contributed by atoms with Crippen molar-refractivity contribution in [2.75, 3.05) is 33.9 Å². The van der Waals surface area contributed by atoms with Crippen molar-refractivity contribution in [3.63, 3.8) is 0 Å². The van der Waals surface area contributed by atoms with Crippen molar-refractivity contribution in [1.82, 2.24) is 4.90 Å². The molecule has 0 saturated heterocycles. The zero-order chi connectivity index (χ0) is 17.1. The fourth-order valence-electron chi connectivity index (χ4n) is 2.25. The van der Waals surface area contributed by atoms with Crippen LogP contribution in [0.2, 0.25) is 0 Å². The molecule has 23 heavy (non-hydrogen) atoms. The van der Waals surface area contributed by atoms with E-state index in [0.717, 1.165) is 12.0 Å². The second kappa shape index (κ2) is 10.8. The number of hydrogen-bond acceptors (Lipinski definition) is 4. The number of hydrogen-bond donors (Lipinski definition) is 0. The molecular formula is C18H27NO4. The van der Waals surface area contributed by atoms with E-state index in [9.17, 15) is 9.59 Å². The maximum absolute atomic E-state index is 12.4. The lowest BCUT2D eigenvalue weighted by molar-refractivity contribution is -0.141. The number of amides is 1. The van der Waals surface area contributed by atoms with Crippen LogP contribution in [0.5, 0.6) is 0 Å². The largest absolute Gasteiger partial charge is 0.469 e. The van der Waals surface area contributed by atoms with E-state index in [2.05, 4.69) is 4.74 Å². The summed E-state index contributed by atoms with van der Waals surface area (Å²) < 4.78 is 9.67. The van der Waals surface area contributed by atoms with Gasteiger partial charge in [-0.25, -0.2) is 0 Å². The average Bonchev–Trinajstić information content (AvgIpc) is 2.56. The minimum Gasteiger partial charge on any atom is -0.469 e. The molecule has 0 aliphatic rings. The Morgan fingerprint density at radius 2 is 1.74 bits per heavy atom. The second-order valence-corrected chi connectivity index (χ2v) is 5.54. The molecule has 1 amide bonds. The summed E-state index contributed by atoms with van der Waals surface area (Å²) in [5.74, 6) is -0.237. The predicted octanol–water partition coefficient (Wildman–Crippen LogP) is 2.36. The van der Waals surface area contributed by atoms with Gasteiger partial charge >= 0.3 is 5.97 Å². The zero-order valence-corrected chi connectivity index (χ0v) is 14.3. The maximum atomic E-state index is 12.4. The molecule has 0 fully saturated rings. The predicted molar refractivity (Wildman–Crippen MR) is 89.2 cm³/mol. The molecule has 5 heteroatoms. The SMILES string of the molecule is COCCCN(CCC(=O)OC)C(=O)CCc1ccc(C)cc1. The number of methoxy groups -OCH3 is 2. The lowest BCUT2D eigenvalue weighted by Crippen LogP contribution is -2.34. The van der Waals surface area contributed by atoms with Crippen LogP contribution in [0.4, 0.5) is 0 Å². The van der Waals surface area contributed by atoms with Crippen LogP contribution in [0, 0.1) is 6.92 Å². The first-order valence-electron chi connectivity index (χ1n) is 7.96. The minimum atomic E-state index is -0.298. The molecule has 1 aromatic carbocycles. The van der Waals surface area contributed by atoms with Crippen LogP contribution in [0.3, 0.4) is 0 Å². The van der Waals surface area contributed by atoms with E-state index in [0.29, 0.717) is 32.5 Å². The summed E-state index contributed by atoms with van der Waals surface area (Å²) in [4.78, 5) is 25.4. The summed E-state index contributed by atoms with van der Waals surface area (Å²) in [5, 5.41) is 0. The van der Waals surface area contributed by atoms with Gasteiger partial charge in [0, 0.05) is 33.2 Å². The summed E-state index contributed by atoms with van der Waals surface area (Å²) in [7, 11) is 2.99. The van der Waals surface area contributed by atoms with Crippen LogP contribution in [0.1, 0.15) is 30.4 Å². The fraction of sp³-hybridized carbons (Fsp3) is 0.556. The Morgan fingerprint density at radius 1 is 1.04 bits per heavy atom. The summed E-state index contributed by atoms with van der Waals surface area (Å²) in [6.07, 6.45) is 2.13. The van der Waals surface area contributed by atoms with Crippen LogP contribution in [0.15, 0.2) is 24.3 Å². The smallest absolute Gasteiger partial charge is 0.307 e. The maximum Gasteiger partial charge on any atom is 0.307 e. The van der Waals surface area contributed by atoms with Gasteiger partial charge in [-0.1, -0.05) is 29.8 Å². The van der Waals surface area contributed by atoms with Crippen molar-refractivity contribution < 1.29 is 19.1 Å². The monoisotopic (exact) mass is 321 g/mol. The van der Waals surface area contributed by atoms with Crippen LogP contribution in [-0.4, -0.2) is 50.7 Å². The van der Waals surface area contributed by atoms with Crippen molar-refractivity contribution in [2.24, 2.45) is 0 Å². The van der Waals surface area contributed by atoms with E-state index in [1.54, 1.807) is 12.0 Å². The van der Waals surface area contributed by atoms with Crippen molar-refractivity contribution in [3.05, 3.63) is 35.4 Å². The van der Waals surface area contributed by atoms with Crippen LogP contribution in [-0.2, 0) is 25.5 Å². The Balaban J connectivity index is 2.51. The lowest BCUT2D eigenvalue weighted by Gasteiger charge is -2.22. The van der Waals surface area contributed by atoms with E-state index in [4.69, 9.17) is 4.74 Å². The molecule has 0 bridgehead atoms. The molecule has 0 atom stereocenters. The zero-order valence-electron chi connectivity index (χ0n) is 14.3. The van der Waals surface area contributed by atoms with Crippen molar-refractivity contribution in [2.45, 2.75) is 32.6 Å². The number of ether oxygens (including phenoxy) is 2. The highest BCUT2D eigenvalue weighted by Crippen LogP contribution is 2.08. The number of aryl methyl sites for hydroxylation is 2. The molecule has 0 aliphatic heterocycles. The number of nitrogens with zero attached hydrogens (tertiary/aromatic N) is 1. The minimum absolute atomic E-state index is 0.0607. The third kappa shape index (κ3) is 7.79. The first-order valence-corrected chi connectivity index (χ1v) is 7.96. The van der Waals surface area contributed by atoms with Gasteiger partial charge in [0.25, 0.3) is 0 Å². The molecule has 0 spiro atoms. The number of rotatable bonds is 10. The van der Waals surface area contributed by atoms with Crippen LogP contribution >= 0.6 is 0 Å². The van der Waals surface area contributed by atoms with Gasteiger partial charge in [-0.15, -0.1) is 0 Å². The Hall–Kier alpha value is -1.88. The van der Waals surface area contributed by atoms with Gasteiger partial charge in [0.1, 0.15) is 0 Å². The first kappa shape index (κ1) is 19.2. The number of carbonyl (C=O) groups excluding carboxylic acids is 2. The second-order valence-electron chi connectivity index (χ2n) is 5.54. The van der Waals surface area contributed by atoms with Gasteiger partial charge in [0.15, 0.2) is 0 Å². The molecule has 0 aromatic heterocycles. The number of esters is 1. The molecule has 128 valence electrons. The lowest BCUT2D eigenvalue weighted by atomic mass is 10.1. The van der Waals surface area contributed by atoms with E-state index in [-0.39, 0.29) is 18.3 Å². The summed E-state index contributed by atoms with van der Waals surface area (Å²) in [6, 6.07) is 8.19. The molecule has 0 N–H and O–H groups in total. The van der Waals surface area contributed by atoms with E-state index in [1.807, 2.05) is 31.2 Å². The average molecular weight is 321 g/mol. The molecule has 5 nitrogen and oxygen atoms in total. The standard InChI is InChI=1S/C18H27NO4/c1-15-5-7-16(8-6-15)9-10-17(20)19(12-4-14-22-2)13-11-18(21)23-3/h5-8H,4,9-14H2,1-3H3. The van der Waals surface area contributed by atoms with Crippen molar-refractivity contribution >= 4 is 11.9 Å². The van der Waals surface area contributed by atoms with Gasteiger partial charge in [-0.05, 0) is 25.3 Å². The Bertz CT molecular complexity index is 484. The normalized spacial score (nSPS) is 10.4. The van der Waals surface area contributed by atoms with Gasteiger partial charge in [-0.2, -0.15) is 0 Å². The molecule has 0 saturated carbocycles. The first-order chi connectivity index (χ1) is 11.1. The Kier molecular flexibility index (Phi) is 8.98. The van der Waals surface area contributed by atoms with Crippen molar-refractivity contribution in [1.29, 1.82) is 0 Å². The van der Waals surface area contributed by atoms with Gasteiger partial charge < -0.3 is 14.4 Å². The topological polar surface area (TPSA) is 55.8 Å². The molecule has 0 aliphatic carbocycles. The van der Waals surface area contributed by atoms with Crippen LogP contribution < -0.4 is 0 Å². The quantitative estimate of drug-likeness (QED) is 0.490. The van der Waals surface area contributed by atoms with Gasteiger partial charge in [-0.3, -0.25) is 9.59 Å². The number of benzene rings is 1. The third-order valence-corrected chi connectivity index (χ3v) is 3.69. The summed E-state index contributed by atoms with van der Waals surface area (Å²) in [5.41, 5.74) is 2.35. The van der Waals surface area contributed by atoms with Crippen molar-refractivity contribution in [3.8, 4) is 0 Å². The van der Waals surface area contributed by atoms with E-state index >= 15 is 0 Å². The molecule has 0 heterocycles. The highest BCUT2D eigenvalue weighted by Gasteiger charge is 2.15. The molecule has 0 radical (unpaired) electrons. The van der Waals surface area contributed by atoms with E-state index in [1.165, 1.54) is 12.7 Å². The summed E-state index contributed by atoms with van der Waals surface area (Å²) >= 11 is 0. The van der Waals surface area contributed by atoms with E-state index < -0.39 is 0 Å². The van der Waals surface area contributed by atoms with Crippen LogP contribution in [0.25, 0.3) is 0 Å². The number of carbonyl (C=O) groups is 2. The fourth-order valence-corrected chi connectivity index (χ4v) is 2.25. The third-order valence-electron chi connectivity index (χ3n) is 3.69. The highest BCUT2D eigenvalue weighted by atomic mass is 16.5. The Morgan fingerprint density at radius 3 is 2.35 bits per heavy atom. The molecular weight excluding hydrogens is 294 g/mol. The summed E-state index contributed by atoms with van der Waals surface area (Å²) in [6.45, 7) is 3.62. The molecule has 0 unspecified atom stereocenters. The Labute approximate surface area is 138 Å². The van der Waals surface area contributed by atoms with Gasteiger partial charge in [0.2, 0.25) is 5.91 Å². The molecule has 1 rings (SSSR count). The molecule has 1 aromatic rings. The van der Waals surface area contributed by atoms with Gasteiger partial charge in [0.05, 0.1) is 13.5 Å². The highest BCUT2D eigenvalue weighted by molar-refractivity contribution is 5.77.